The van der Waals surface area contributed by atoms with Crippen LogP contribution in [0.3, 0.4) is 0 Å². The molecule has 0 saturated carbocycles. The number of hydrogen-bond donors (Lipinski definition) is 0. The summed E-state index contributed by atoms with van der Waals surface area (Å²) in [7, 11) is 1.31. The van der Waals surface area contributed by atoms with Crippen molar-refractivity contribution in [2.75, 3.05) is 26.8 Å². The first-order chi connectivity index (χ1) is 11.3. The van der Waals surface area contributed by atoms with Gasteiger partial charge < -0.3 is 14.4 Å². The summed E-state index contributed by atoms with van der Waals surface area (Å²) >= 11 is 0. The highest BCUT2D eigenvalue weighted by Crippen LogP contribution is 2.24. The average Bonchev–Trinajstić information content (AvgIpc) is 2.58. The third kappa shape index (κ3) is 4.59. The van der Waals surface area contributed by atoms with Gasteiger partial charge in [-0.05, 0) is 25.0 Å². The first-order valence-electron chi connectivity index (χ1n) is 7.33. The molecule has 0 N–H and O–H groups in total. The molecule has 0 radical (unpaired) electrons. The van der Waals surface area contributed by atoms with Crippen molar-refractivity contribution in [1.29, 1.82) is 0 Å². The summed E-state index contributed by atoms with van der Waals surface area (Å²) in [5.74, 6) is -1.41. The lowest BCUT2D eigenvalue weighted by Crippen LogP contribution is -2.40. The number of aromatic nitrogens is 1. The monoisotopic (exact) mass is 346 g/mol. The Morgan fingerprint density at radius 2 is 2.00 bits per heavy atom. The molecule has 1 aliphatic heterocycles. The van der Waals surface area contributed by atoms with E-state index < -0.39 is 18.7 Å². The molecule has 0 bridgehead atoms. The first kappa shape index (κ1) is 18.0. The highest BCUT2D eigenvalue weighted by atomic mass is 19.4. The molecule has 1 aromatic heterocycles. The van der Waals surface area contributed by atoms with Gasteiger partial charge in [0.15, 0.2) is 6.61 Å². The maximum Gasteiger partial charge on any atom is 0.422 e. The number of halogens is 3. The van der Waals surface area contributed by atoms with Crippen LogP contribution in [0.2, 0.25) is 0 Å². The van der Waals surface area contributed by atoms with Crippen LogP contribution in [-0.4, -0.2) is 54.7 Å². The Balaban J connectivity index is 2.04. The Morgan fingerprint density at radius 3 is 2.58 bits per heavy atom. The maximum atomic E-state index is 12.5. The van der Waals surface area contributed by atoms with Crippen molar-refractivity contribution < 1.29 is 32.2 Å². The zero-order valence-corrected chi connectivity index (χ0v) is 13.0. The van der Waals surface area contributed by atoms with E-state index in [4.69, 9.17) is 0 Å². The quantitative estimate of drug-likeness (QED) is 0.781. The predicted molar refractivity (Wildman–Crippen MR) is 76.4 cm³/mol. The van der Waals surface area contributed by atoms with E-state index in [1.54, 1.807) is 0 Å². The maximum absolute atomic E-state index is 12.5. The molecule has 1 fully saturated rings. The predicted octanol–water partition coefficient (Wildman–Crippen LogP) is 2.05. The van der Waals surface area contributed by atoms with Crippen LogP contribution in [0.1, 0.15) is 23.2 Å². The van der Waals surface area contributed by atoms with Gasteiger partial charge in [-0.3, -0.25) is 9.59 Å². The zero-order chi connectivity index (χ0) is 17.7. The van der Waals surface area contributed by atoms with E-state index in [1.165, 1.54) is 30.3 Å². The summed E-state index contributed by atoms with van der Waals surface area (Å²) in [6.07, 6.45) is -2.38. The molecule has 1 aliphatic rings. The molecule has 0 aromatic carbocycles. The van der Waals surface area contributed by atoms with Crippen molar-refractivity contribution in [3.63, 3.8) is 0 Å². The lowest BCUT2D eigenvalue weighted by Gasteiger charge is -2.31. The number of alkyl halides is 3. The van der Waals surface area contributed by atoms with Crippen molar-refractivity contribution >= 4 is 11.9 Å². The molecule has 0 aliphatic carbocycles. The normalized spacial score (nSPS) is 15.9. The molecule has 0 spiro atoms. The van der Waals surface area contributed by atoms with Crippen LogP contribution in [0, 0.1) is 5.92 Å². The Morgan fingerprint density at radius 1 is 1.33 bits per heavy atom. The minimum absolute atomic E-state index is 0.0294. The van der Waals surface area contributed by atoms with Crippen molar-refractivity contribution in [2.24, 2.45) is 5.92 Å². The molecule has 0 atom stereocenters. The molecule has 1 aromatic rings. The van der Waals surface area contributed by atoms with Crippen molar-refractivity contribution in [3.05, 3.63) is 23.9 Å². The van der Waals surface area contributed by atoms with Gasteiger partial charge in [0.25, 0.3) is 5.91 Å². The summed E-state index contributed by atoms with van der Waals surface area (Å²) in [6, 6.07) is 2.82. The molecule has 6 nitrogen and oxygen atoms in total. The van der Waals surface area contributed by atoms with E-state index in [2.05, 4.69) is 14.5 Å². The molecular weight excluding hydrogens is 329 g/mol. The number of pyridine rings is 1. The van der Waals surface area contributed by atoms with E-state index in [0.717, 1.165) is 0 Å². The van der Waals surface area contributed by atoms with Crippen LogP contribution >= 0.6 is 0 Å². The van der Waals surface area contributed by atoms with Crippen molar-refractivity contribution in [1.82, 2.24) is 9.88 Å². The van der Waals surface area contributed by atoms with Gasteiger partial charge >= 0.3 is 12.1 Å². The van der Waals surface area contributed by atoms with E-state index in [9.17, 15) is 22.8 Å². The summed E-state index contributed by atoms with van der Waals surface area (Å²) in [6.45, 7) is -0.896. The Bertz CT molecular complexity index is 599. The fourth-order valence-electron chi connectivity index (χ4n) is 2.47. The van der Waals surface area contributed by atoms with Crippen molar-refractivity contribution in [2.45, 2.75) is 19.0 Å². The summed E-state index contributed by atoms with van der Waals surface area (Å²) in [4.78, 5) is 29.2. The van der Waals surface area contributed by atoms with Gasteiger partial charge in [-0.15, -0.1) is 0 Å². The highest BCUT2D eigenvalue weighted by molar-refractivity contribution is 5.96. The summed E-state index contributed by atoms with van der Waals surface area (Å²) < 4.78 is 46.2. The molecule has 132 valence electrons. The molecular formula is C15H17F3N2O4. The van der Waals surface area contributed by atoms with Crippen LogP contribution in [0.5, 0.6) is 5.88 Å². The van der Waals surface area contributed by atoms with Crippen LogP contribution in [0.25, 0.3) is 0 Å². The second-order valence-corrected chi connectivity index (χ2v) is 5.35. The van der Waals surface area contributed by atoms with Gasteiger partial charge in [-0.25, -0.2) is 4.98 Å². The number of hydrogen-bond acceptors (Lipinski definition) is 5. The van der Waals surface area contributed by atoms with Crippen LogP contribution in [0.4, 0.5) is 13.2 Å². The standard InChI is InChI=1S/C15H17F3N2O4/c1-23-14(22)10-4-7-20(8-5-10)13(21)11-3-2-6-19-12(11)24-9-15(16,17)18/h2-3,6,10H,4-5,7-9H2,1H3. The fraction of sp³-hybridized carbons (Fsp3) is 0.533. The minimum Gasteiger partial charge on any atom is -0.469 e. The van der Waals surface area contributed by atoms with Gasteiger partial charge in [0.2, 0.25) is 5.88 Å². The third-order valence-corrected chi connectivity index (χ3v) is 3.69. The number of ether oxygens (including phenoxy) is 2. The molecule has 9 heteroatoms. The Kier molecular flexibility index (Phi) is 5.63. The van der Waals surface area contributed by atoms with Gasteiger partial charge in [0.1, 0.15) is 5.56 Å². The number of carbonyl (C=O) groups is 2. The summed E-state index contributed by atoms with van der Waals surface area (Å²) in [5.41, 5.74) is -0.0294. The highest BCUT2D eigenvalue weighted by Gasteiger charge is 2.32. The first-order valence-corrected chi connectivity index (χ1v) is 7.33. The van der Waals surface area contributed by atoms with E-state index in [-0.39, 0.29) is 23.3 Å². The number of esters is 1. The molecule has 0 unspecified atom stereocenters. The van der Waals surface area contributed by atoms with Gasteiger partial charge in [-0.1, -0.05) is 0 Å². The number of amides is 1. The SMILES string of the molecule is COC(=O)C1CCN(C(=O)c2cccnc2OCC(F)(F)F)CC1. The largest absolute Gasteiger partial charge is 0.469 e. The number of carbonyl (C=O) groups excluding carboxylic acids is 2. The van der Waals surface area contributed by atoms with Crippen molar-refractivity contribution in [3.8, 4) is 5.88 Å². The van der Waals surface area contributed by atoms with Gasteiger partial charge in [-0.2, -0.15) is 13.2 Å². The van der Waals surface area contributed by atoms with Gasteiger partial charge in [0, 0.05) is 19.3 Å². The number of methoxy groups -OCH3 is 1. The smallest absolute Gasteiger partial charge is 0.422 e. The van der Waals surface area contributed by atoms with E-state index in [0.29, 0.717) is 25.9 Å². The Labute approximate surface area is 136 Å². The van der Waals surface area contributed by atoms with E-state index >= 15 is 0 Å². The number of rotatable bonds is 4. The lowest BCUT2D eigenvalue weighted by molar-refractivity contribution is -0.154. The summed E-state index contributed by atoms with van der Waals surface area (Å²) in [5, 5.41) is 0. The van der Waals surface area contributed by atoms with Crippen LogP contribution < -0.4 is 4.74 Å². The van der Waals surface area contributed by atoms with Gasteiger partial charge in [0.05, 0.1) is 13.0 Å². The molecule has 2 rings (SSSR count). The molecule has 2 heterocycles. The second kappa shape index (κ2) is 7.50. The lowest BCUT2D eigenvalue weighted by atomic mass is 9.96. The average molecular weight is 346 g/mol. The number of nitrogens with zero attached hydrogens (tertiary/aromatic N) is 2. The topological polar surface area (TPSA) is 68.7 Å². The molecule has 1 amide bonds. The second-order valence-electron chi connectivity index (χ2n) is 5.35. The third-order valence-electron chi connectivity index (χ3n) is 3.69. The molecule has 1 saturated heterocycles. The van der Waals surface area contributed by atoms with Crippen LogP contribution in [0.15, 0.2) is 18.3 Å². The van der Waals surface area contributed by atoms with E-state index in [1.807, 2.05) is 0 Å². The number of piperidine rings is 1. The minimum atomic E-state index is -4.52. The number of likely N-dealkylation sites (tertiary alicyclic amines) is 1. The Hall–Kier alpha value is -2.32. The molecule has 24 heavy (non-hydrogen) atoms. The zero-order valence-electron chi connectivity index (χ0n) is 13.0. The van der Waals surface area contributed by atoms with Crippen LogP contribution in [-0.2, 0) is 9.53 Å². The fourth-order valence-corrected chi connectivity index (χ4v) is 2.47.